The molecule has 1 aromatic carbocycles. The molecule has 1 atom stereocenters. The third kappa shape index (κ3) is 2.74. The second-order valence-corrected chi connectivity index (χ2v) is 5.80. The minimum atomic E-state index is -0.0321. The third-order valence-electron chi connectivity index (χ3n) is 4.23. The summed E-state index contributed by atoms with van der Waals surface area (Å²) >= 11 is 0. The number of nitrogens with one attached hydrogen (secondary N) is 1. The van der Waals surface area contributed by atoms with Crippen LogP contribution in [0.1, 0.15) is 38.7 Å². The molecule has 0 amide bonds. The molecule has 0 saturated carbocycles. The van der Waals surface area contributed by atoms with Crippen molar-refractivity contribution < 1.29 is 0 Å². The van der Waals surface area contributed by atoms with Crippen molar-refractivity contribution in [3.05, 3.63) is 53.8 Å². The molecule has 0 radical (unpaired) electrons. The van der Waals surface area contributed by atoms with Crippen LogP contribution in [0.5, 0.6) is 0 Å². The molecule has 0 fully saturated rings. The maximum atomic E-state index is 3.62. The molecule has 1 aliphatic heterocycles. The fourth-order valence-electron chi connectivity index (χ4n) is 2.85. The van der Waals surface area contributed by atoms with Gasteiger partial charge in [0.1, 0.15) is 0 Å². The van der Waals surface area contributed by atoms with Crippen molar-refractivity contribution in [2.24, 2.45) is 0 Å². The van der Waals surface area contributed by atoms with E-state index in [1.54, 1.807) is 0 Å². The summed E-state index contributed by atoms with van der Waals surface area (Å²) in [6, 6.07) is 8.93. The lowest BCUT2D eigenvalue weighted by Crippen LogP contribution is -2.41. The fourth-order valence-corrected chi connectivity index (χ4v) is 2.85. The molecule has 1 unspecified atom stereocenters. The Labute approximate surface area is 123 Å². The lowest BCUT2D eigenvalue weighted by Gasteiger charge is -2.38. The predicted octanol–water partition coefficient (Wildman–Crippen LogP) is 4.20. The zero-order valence-electron chi connectivity index (χ0n) is 13.1. The Hall–Kier alpha value is -1.70. The molecule has 1 N–H and O–H groups in total. The van der Waals surface area contributed by atoms with E-state index in [0.717, 1.165) is 6.42 Å². The van der Waals surface area contributed by atoms with Crippen molar-refractivity contribution in [2.45, 2.75) is 38.6 Å². The Morgan fingerprint density at radius 2 is 1.85 bits per heavy atom. The monoisotopic (exact) mass is 270 g/mol. The first-order valence-corrected chi connectivity index (χ1v) is 7.49. The van der Waals surface area contributed by atoms with Crippen molar-refractivity contribution >= 4 is 5.69 Å². The van der Waals surface area contributed by atoms with Gasteiger partial charge in [0.25, 0.3) is 0 Å². The van der Waals surface area contributed by atoms with E-state index in [-0.39, 0.29) is 5.54 Å². The van der Waals surface area contributed by atoms with Gasteiger partial charge in [-0.15, -0.1) is 0 Å². The standard InChI is InChI=1S/C18H26N2/c1-5-6-13-18(15(2)8-7-14-19-18)16-9-11-17(12-10-16)20(3)4/h7-12,14,19H,5-6,13H2,1-4H3. The lowest BCUT2D eigenvalue weighted by atomic mass is 9.78. The van der Waals surface area contributed by atoms with Crippen LogP contribution >= 0.6 is 0 Å². The van der Waals surface area contributed by atoms with E-state index in [2.05, 4.69) is 80.8 Å². The maximum Gasteiger partial charge on any atom is 0.0834 e. The summed E-state index contributed by atoms with van der Waals surface area (Å²) in [5.74, 6) is 0. The van der Waals surface area contributed by atoms with Crippen molar-refractivity contribution in [2.75, 3.05) is 19.0 Å². The van der Waals surface area contributed by atoms with Crippen LogP contribution in [-0.4, -0.2) is 14.1 Å². The van der Waals surface area contributed by atoms with Crippen LogP contribution in [-0.2, 0) is 5.54 Å². The van der Waals surface area contributed by atoms with Crippen LogP contribution in [0.25, 0.3) is 0 Å². The van der Waals surface area contributed by atoms with Gasteiger partial charge in [0.05, 0.1) is 5.54 Å². The van der Waals surface area contributed by atoms with E-state index >= 15 is 0 Å². The summed E-state index contributed by atoms with van der Waals surface area (Å²) < 4.78 is 0. The average Bonchev–Trinajstić information content (AvgIpc) is 2.47. The Morgan fingerprint density at radius 1 is 1.15 bits per heavy atom. The Kier molecular flexibility index (Phi) is 4.53. The van der Waals surface area contributed by atoms with Gasteiger partial charge in [-0.2, -0.15) is 0 Å². The van der Waals surface area contributed by atoms with Crippen molar-refractivity contribution in [3.63, 3.8) is 0 Å². The Balaban J connectivity index is 2.36. The van der Waals surface area contributed by atoms with Gasteiger partial charge in [0.15, 0.2) is 0 Å². The minimum Gasteiger partial charge on any atom is -0.378 e. The van der Waals surface area contributed by atoms with E-state index in [0.29, 0.717) is 0 Å². The molecule has 0 aliphatic carbocycles. The van der Waals surface area contributed by atoms with Gasteiger partial charge in [-0.3, -0.25) is 0 Å². The first kappa shape index (κ1) is 14.7. The number of rotatable bonds is 5. The van der Waals surface area contributed by atoms with Gasteiger partial charge in [-0.25, -0.2) is 0 Å². The number of hydrogen-bond donors (Lipinski definition) is 1. The number of nitrogens with zero attached hydrogens (tertiary/aromatic N) is 1. The number of anilines is 1. The number of dihydropyridines is 1. The van der Waals surface area contributed by atoms with Gasteiger partial charge >= 0.3 is 0 Å². The highest BCUT2D eigenvalue weighted by Crippen LogP contribution is 2.37. The minimum absolute atomic E-state index is 0.0321. The average molecular weight is 270 g/mol. The zero-order valence-corrected chi connectivity index (χ0v) is 13.1. The summed E-state index contributed by atoms with van der Waals surface area (Å²) in [5.41, 5.74) is 3.96. The normalized spacial score (nSPS) is 21.3. The van der Waals surface area contributed by atoms with Gasteiger partial charge in [0.2, 0.25) is 0 Å². The van der Waals surface area contributed by atoms with E-state index in [1.807, 2.05) is 0 Å². The summed E-state index contributed by atoms with van der Waals surface area (Å²) in [5, 5.41) is 3.62. The molecule has 2 nitrogen and oxygen atoms in total. The summed E-state index contributed by atoms with van der Waals surface area (Å²) in [6.07, 6.45) is 9.97. The molecule has 0 bridgehead atoms. The number of hydrogen-bond acceptors (Lipinski definition) is 2. The smallest absolute Gasteiger partial charge is 0.0834 e. The third-order valence-corrected chi connectivity index (χ3v) is 4.23. The Morgan fingerprint density at radius 3 is 2.40 bits per heavy atom. The molecule has 2 heteroatoms. The van der Waals surface area contributed by atoms with Crippen molar-refractivity contribution in [1.82, 2.24) is 5.32 Å². The van der Waals surface area contributed by atoms with E-state index in [1.165, 1.54) is 29.7 Å². The summed E-state index contributed by atoms with van der Waals surface area (Å²) in [6.45, 7) is 4.48. The van der Waals surface area contributed by atoms with E-state index < -0.39 is 0 Å². The summed E-state index contributed by atoms with van der Waals surface area (Å²) in [7, 11) is 4.16. The molecule has 20 heavy (non-hydrogen) atoms. The topological polar surface area (TPSA) is 15.3 Å². The molecule has 108 valence electrons. The van der Waals surface area contributed by atoms with Crippen LogP contribution in [0.15, 0.2) is 48.2 Å². The zero-order chi connectivity index (χ0) is 14.6. The van der Waals surface area contributed by atoms with Crippen LogP contribution < -0.4 is 10.2 Å². The molecular weight excluding hydrogens is 244 g/mol. The van der Waals surface area contributed by atoms with Gasteiger partial charge < -0.3 is 10.2 Å². The van der Waals surface area contributed by atoms with Gasteiger partial charge in [-0.1, -0.05) is 38.0 Å². The van der Waals surface area contributed by atoms with Crippen molar-refractivity contribution in [3.8, 4) is 0 Å². The molecule has 0 spiro atoms. The van der Waals surface area contributed by atoms with Crippen LogP contribution in [0, 0.1) is 0 Å². The van der Waals surface area contributed by atoms with Crippen molar-refractivity contribution in [1.29, 1.82) is 0 Å². The fraction of sp³-hybridized carbons (Fsp3) is 0.444. The van der Waals surface area contributed by atoms with Crippen LogP contribution in [0.2, 0.25) is 0 Å². The molecule has 0 aromatic heterocycles. The second kappa shape index (κ2) is 6.17. The van der Waals surface area contributed by atoms with Gasteiger partial charge in [0, 0.05) is 19.8 Å². The van der Waals surface area contributed by atoms with E-state index in [9.17, 15) is 0 Å². The Bertz CT molecular complexity index is 497. The molecule has 1 heterocycles. The first-order valence-electron chi connectivity index (χ1n) is 7.49. The highest BCUT2D eigenvalue weighted by Gasteiger charge is 2.33. The van der Waals surface area contributed by atoms with Gasteiger partial charge in [-0.05, 0) is 48.9 Å². The summed E-state index contributed by atoms with van der Waals surface area (Å²) in [4.78, 5) is 2.14. The van der Waals surface area contributed by atoms with E-state index in [4.69, 9.17) is 0 Å². The second-order valence-electron chi connectivity index (χ2n) is 5.80. The highest BCUT2D eigenvalue weighted by atomic mass is 15.1. The first-order chi connectivity index (χ1) is 9.60. The quantitative estimate of drug-likeness (QED) is 0.862. The number of allylic oxidation sites excluding steroid dienone is 2. The predicted molar refractivity (Wildman–Crippen MR) is 88.0 cm³/mol. The molecular formula is C18H26N2. The largest absolute Gasteiger partial charge is 0.378 e. The molecule has 2 rings (SSSR count). The van der Waals surface area contributed by atoms with Crippen LogP contribution in [0.4, 0.5) is 5.69 Å². The highest BCUT2D eigenvalue weighted by molar-refractivity contribution is 5.49. The SMILES string of the molecule is CCCCC1(c2ccc(N(C)C)cc2)NC=CC=C1C. The number of benzene rings is 1. The maximum absolute atomic E-state index is 3.62. The van der Waals surface area contributed by atoms with Crippen LogP contribution in [0.3, 0.4) is 0 Å². The molecule has 0 saturated heterocycles. The lowest BCUT2D eigenvalue weighted by molar-refractivity contribution is 0.393. The molecule has 1 aromatic rings. The molecule has 1 aliphatic rings. The number of unbranched alkanes of at least 4 members (excludes halogenated alkanes) is 1.